The number of ether oxygens (including phenoxy) is 1. The van der Waals surface area contributed by atoms with Gasteiger partial charge in [0.15, 0.2) is 0 Å². The van der Waals surface area contributed by atoms with Crippen molar-refractivity contribution in [1.29, 1.82) is 0 Å². The fourth-order valence-electron chi connectivity index (χ4n) is 2.75. The number of alkyl halides is 3. The highest BCUT2D eigenvalue weighted by Crippen LogP contribution is 2.35. The zero-order valence-corrected chi connectivity index (χ0v) is 17.6. The molecule has 3 rings (SSSR count). The molecule has 0 amide bonds. The van der Waals surface area contributed by atoms with Gasteiger partial charge < -0.3 is 15.4 Å². The van der Waals surface area contributed by atoms with Crippen LogP contribution < -0.4 is 15.4 Å². The Morgan fingerprint density at radius 3 is 2.48 bits per heavy atom. The zero-order valence-electron chi connectivity index (χ0n) is 16.8. The third-order valence-electron chi connectivity index (χ3n) is 4.31. The Morgan fingerprint density at radius 1 is 1.00 bits per heavy atom. The third-order valence-corrected chi connectivity index (χ3v) is 4.56. The predicted molar refractivity (Wildman–Crippen MR) is 117 cm³/mol. The van der Waals surface area contributed by atoms with Gasteiger partial charge in [-0.25, -0.2) is 4.98 Å². The highest BCUT2D eigenvalue weighted by atomic mass is 35.5. The number of anilines is 4. The van der Waals surface area contributed by atoms with Gasteiger partial charge in [0.1, 0.15) is 17.1 Å². The maximum atomic E-state index is 13.5. The molecule has 0 spiro atoms. The zero-order chi connectivity index (χ0) is 22.3. The first-order valence-electron chi connectivity index (χ1n) is 9.82. The van der Waals surface area contributed by atoms with Crippen LogP contribution in [0.2, 0.25) is 5.02 Å². The first-order valence-corrected chi connectivity index (χ1v) is 10.2. The molecular formula is C22H22ClF3N4O. The van der Waals surface area contributed by atoms with Gasteiger partial charge >= 0.3 is 6.18 Å². The molecule has 0 bridgehead atoms. The smallest absolute Gasteiger partial charge is 0.421 e. The Labute approximate surface area is 183 Å². The quantitative estimate of drug-likeness (QED) is 0.337. The molecule has 0 atom stereocenters. The molecule has 2 N–H and O–H groups in total. The van der Waals surface area contributed by atoms with Crippen molar-refractivity contribution in [3.8, 4) is 5.75 Å². The van der Waals surface area contributed by atoms with Crippen LogP contribution >= 0.6 is 11.6 Å². The van der Waals surface area contributed by atoms with Gasteiger partial charge in [-0.15, -0.1) is 0 Å². The highest BCUT2D eigenvalue weighted by Gasteiger charge is 2.35. The van der Waals surface area contributed by atoms with Crippen molar-refractivity contribution < 1.29 is 17.9 Å². The number of halogens is 4. The molecule has 0 radical (unpaired) electrons. The second kappa shape index (κ2) is 10.3. The second-order valence-electron chi connectivity index (χ2n) is 6.79. The fourth-order valence-corrected chi connectivity index (χ4v) is 2.88. The number of hydrogen-bond acceptors (Lipinski definition) is 5. The SMILES string of the molecule is CCCCCOc1cccc(Nc2nc(Nc3ccc(Cl)cc3)ncc2C(F)(F)F)c1. The number of unbranched alkanes of at least 4 members (excludes halogenated alkanes) is 2. The molecule has 3 aromatic rings. The molecule has 0 saturated heterocycles. The first kappa shape index (κ1) is 22.7. The summed E-state index contributed by atoms with van der Waals surface area (Å²) < 4.78 is 46.2. The van der Waals surface area contributed by atoms with Crippen LogP contribution in [0.1, 0.15) is 31.7 Å². The first-order chi connectivity index (χ1) is 14.8. The van der Waals surface area contributed by atoms with Gasteiger partial charge in [-0.3, -0.25) is 0 Å². The maximum absolute atomic E-state index is 13.5. The molecule has 0 unspecified atom stereocenters. The number of rotatable bonds is 9. The van der Waals surface area contributed by atoms with Crippen LogP contribution in [0.25, 0.3) is 0 Å². The third kappa shape index (κ3) is 6.75. The molecule has 0 aliphatic rings. The van der Waals surface area contributed by atoms with Crippen molar-refractivity contribution in [2.75, 3.05) is 17.2 Å². The molecule has 0 fully saturated rings. The topological polar surface area (TPSA) is 59.1 Å². The van der Waals surface area contributed by atoms with E-state index in [1.165, 1.54) is 0 Å². The molecule has 9 heteroatoms. The van der Waals surface area contributed by atoms with Crippen molar-refractivity contribution in [2.45, 2.75) is 32.4 Å². The minimum atomic E-state index is -4.62. The van der Waals surface area contributed by atoms with E-state index in [-0.39, 0.29) is 11.8 Å². The minimum Gasteiger partial charge on any atom is -0.494 e. The van der Waals surface area contributed by atoms with E-state index in [0.717, 1.165) is 25.5 Å². The van der Waals surface area contributed by atoms with Gasteiger partial charge in [0.2, 0.25) is 5.95 Å². The van der Waals surface area contributed by atoms with Gasteiger partial charge in [0.05, 0.1) is 6.61 Å². The van der Waals surface area contributed by atoms with E-state index in [1.807, 2.05) is 0 Å². The van der Waals surface area contributed by atoms with E-state index < -0.39 is 11.7 Å². The largest absolute Gasteiger partial charge is 0.494 e. The Morgan fingerprint density at radius 2 is 1.77 bits per heavy atom. The van der Waals surface area contributed by atoms with Crippen LogP contribution in [0.15, 0.2) is 54.7 Å². The van der Waals surface area contributed by atoms with E-state index in [9.17, 15) is 13.2 Å². The van der Waals surface area contributed by atoms with Crippen LogP contribution in [-0.2, 0) is 6.18 Å². The number of nitrogens with zero attached hydrogens (tertiary/aromatic N) is 2. The monoisotopic (exact) mass is 450 g/mol. The molecular weight excluding hydrogens is 429 g/mol. The van der Waals surface area contributed by atoms with Crippen LogP contribution in [-0.4, -0.2) is 16.6 Å². The molecule has 0 aliphatic carbocycles. The molecule has 31 heavy (non-hydrogen) atoms. The second-order valence-corrected chi connectivity index (χ2v) is 7.23. The summed E-state index contributed by atoms with van der Waals surface area (Å²) in [5.74, 6) is 0.232. The summed E-state index contributed by atoms with van der Waals surface area (Å²) in [6, 6.07) is 13.4. The van der Waals surface area contributed by atoms with Crippen molar-refractivity contribution in [2.24, 2.45) is 0 Å². The lowest BCUT2D eigenvalue weighted by molar-refractivity contribution is -0.137. The van der Waals surface area contributed by atoms with Crippen LogP contribution in [0.3, 0.4) is 0 Å². The summed E-state index contributed by atoms with van der Waals surface area (Å²) in [5, 5.41) is 6.16. The number of nitrogens with one attached hydrogen (secondary N) is 2. The van der Waals surface area contributed by atoms with Gasteiger partial charge in [-0.1, -0.05) is 37.4 Å². The van der Waals surface area contributed by atoms with E-state index in [4.69, 9.17) is 16.3 Å². The van der Waals surface area contributed by atoms with Crippen LogP contribution in [0.4, 0.5) is 36.3 Å². The van der Waals surface area contributed by atoms with E-state index in [0.29, 0.717) is 28.8 Å². The number of hydrogen-bond donors (Lipinski definition) is 2. The number of benzene rings is 2. The van der Waals surface area contributed by atoms with Gasteiger partial charge in [0, 0.05) is 28.7 Å². The molecule has 164 valence electrons. The summed E-state index contributed by atoms with van der Waals surface area (Å²) >= 11 is 5.86. The van der Waals surface area contributed by atoms with Gasteiger partial charge in [-0.05, 0) is 42.8 Å². The summed E-state index contributed by atoms with van der Waals surface area (Å²) in [6.45, 7) is 2.65. The van der Waals surface area contributed by atoms with Crippen LogP contribution in [0.5, 0.6) is 5.75 Å². The van der Waals surface area contributed by atoms with Gasteiger partial charge in [0.25, 0.3) is 0 Å². The average Bonchev–Trinajstić information content (AvgIpc) is 2.73. The molecule has 1 heterocycles. The van der Waals surface area contributed by atoms with Crippen molar-refractivity contribution in [3.63, 3.8) is 0 Å². The summed E-state index contributed by atoms with van der Waals surface area (Å²) in [6.07, 6.45) is -0.825. The van der Waals surface area contributed by atoms with E-state index in [1.54, 1.807) is 48.5 Å². The normalized spacial score (nSPS) is 11.3. The van der Waals surface area contributed by atoms with E-state index in [2.05, 4.69) is 27.5 Å². The molecule has 5 nitrogen and oxygen atoms in total. The Kier molecular flexibility index (Phi) is 7.57. The molecule has 0 aliphatic heterocycles. The maximum Gasteiger partial charge on any atom is 0.421 e. The lowest BCUT2D eigenvalue weighted by Gasteiger charge is -2.15. The average molecular weight is 451 g/mol. The molecule has 2 aromatic carbocycles. The summed E-state index contributed by atoms with van der Waals surface area (Å²) in [7, 11) is 0. The predicted octanol–water partition coefficient (Wildman–Crippen LogP) is 7.21. The number of aromatic nitrogens is 2. The summed E-state index contributed by atoms with van der Waals surface area (Å²) in [5.41, 5.74) is 0.0515. The Hall–Kier alpha value is -3.00. The van der Waals surface area contributed by atoms with Crippen molar-refractivity contribution in [3.05, 3.63) is 65.3 Å². The standard InChI is InChI=1S/C22H22ClF3N4O/c1-2-3-4-12-31-18-7-5-6-17(13-18)28-20-19(22(24,25)26)14-27-21(30-20)29-16-10-8-15(23)9-11-16/h5-11,13-14H,2-4,12H2,1H3,(H2,27,28,29,30). The fraction of sp³-hybridized carbons (Fsp3) is 0.273. The Balaban J connectivity index is 1.82. The van der Waals surface area contributed by atoms with Crippen molar-refractivity contribution >= 4 is 34.7 Å². The molecule has 0 saturated carbocycles. The lowest BCUT2D eigenvalue weighted by Crippen LogP contribution is -2.12. The summed E-state index contributed by atoms with van der Waals surface area (Å²) in [4.78, 5) is 7.84. The van der Waals surface area contributed by atoms with Crippen LogP contribution in [0, 0.1) is 0 Å². The molecule has 1 aromatic heterocycles. The Bertz CT molecular complexity index is 997. The van der Waals surface area contributed by atoms with E-state index >= 15 is 0 Å². The minimum absolute atomic E-state index is 0.0183. The van der Waals surface area contributed by atoms with Crippen molar-refractivity contribution in [1.82, 2.24) is 9.97 Å². The van der Waals surface area contributed by atoms with Gasteiger partial charge in [-0.2, -0.15) is 18.2 Å². The lowest BCUT2D eigenvalue weighted by atomic mass is 10.2. The highest BCUT2D eigenvalue weighted by molar-refractivity contribution is 6.30.